The molecule has 1 aromatic heterocycles. The van der Waals surface area contributed by atoms with Crippen LogP contribution in [0.5, 0.6) is 0 Å². The molecule has 28 heavy (non-hydrogen) atoms. The Morgan fingerprint density at radius 3 is 2.46 bits per heavy atom. The van der Waals surface area contributed by atoms with Crippen molar-refractivity contribution in [1.82, 2.24) is 10.3 Å². The Balaban J connectivity index is 1.71. The van der Waals surface area contributed by atoms with Crippen LogP contribution in [-0.4, -0.2) is 10.9 Å². The number of benzene rings is 3. The van der Waals surface area contributed by atoms with E-state index in [0.717, 1.165) is 33.3 Å². The molecule has 3 aromatic carbocycles. The molecule has 0 saturated carbocycles. The number of pyridine rings is 1. The van der Waals surface area contributed by atoms with Gasteiger partial charge in [0.25, 0.3) is 5.91 Å². The molecule has 0 spiro atoms. The summed E-state index contributed by atoms with van der Waals surface area (Å²) < 4.78 is 0. The molecule has 0 unspecified atom stereocenters. The zero-order valence-corrected chi connectivity index (χ0v) is 16.2. The molecule has 4 rings (SSSR count). The second kappa shape index (κ2) is 7.83. The van der Waals surface area contributed by atoms with Crippen molar-refractivity contribution in [2.45, 2.75) is 13.5 Å². The fourth-order valence-corrected chi connectivity index (χ4v) is 3.42. The number of aromatic nitrogens is 1. The zero-order chi connectivity index (χ0) is 19.5. The maximum Gasteiger partial charge on any atom is 0.252 e. The largest absolute Gasteiger partial charge is 0.348 e. The van der Waals surface area contributed by atoms with E-state index in [-0.39, 0.29) is 5.91 Å². The van der Waals surface area contributed by atoms with Crippen molar-refractivity contribution in [3.63, 3.8) is 0 Å². The number of carbonyl (C=O) groups is 1. The normalized spacial score (nSPS) is 10.8. The SMILES string of the molecule is Cc1cc(C(=O)NCc2ccc(Cl)cc2)c2cccc(-c3ccccc3)c2n1. The Bertz CT molecular complexity index is 1140. The summed E-state index contributed by atoms with van der Waals surface area (Å²) in [5, 5.41) is 4.53. The van der Waals surface area contributed by atoms with Gasteiger partial charge in [-0.2, -0.15) is 0 Å². The van der Waals surface area contributed by atoms with Crippen LogP contribution in [0.1, 0.15) is 21.6 Å². The average molecular weight is 387 g/mol. The van der Waals surface area contributed by atoms with Gasteiger partial charge in [-0.15, -0.1) is 0 Å². The van der Waals surface area contributed by atoms with Crippen molar-refractivity contribution in [1.29, 1.82) is 0 Å². The third kappa shape index (κ3) is 3.75. The number of halogens is 1. The Morgan fingerprint density at radius 2 is 1.71 bits per heavy atom. The number of fused-ring (bicyclic) bond motifs is 1. The lowest BCUT2D eigenvalue weighted by Crippen LogP contribution is -2.23. The first-order chi connectivity index (χ1) is 13.6. The first kappa shape index (κ1) is 18.2. The average Bonchev–Trinajstić information content (AvgIpc) is 2.72. The highest BCUT2D eigenvalue weighted by molar-refractivity contribution is 6.30. The molecule has 1 amide bonds. The molecule has 0 fully saturated rings. The molecule has 0 aliphatic carbocycles. The van der Waals surface area contributed by atoms with Crippen molar-refractivity contribution < 1.29 is 4.79 Å². The number of rotatable bonds is 4. The van der Waals surface area contributed by atoms with Gasteiger partial charge in [-0.25, -0.2) is 0 Å². The van der Waals surface area contributed by atoms with Crippen molar-refractivity contribution in [2.24, 2.45) is 0 Å². The van der Waals surface area contributed by atoms with Crippen LogP contribution >= 0.6 is 11.6 Å². The molecule has 4 heteroatoms. The van der Waals surface area contributed by atoms with Crippen LogP contribution in [-0.2, 0) is 6.54 Å². The van der Waals surface area contributed by atoms with Crippen molar-refractivity contribution in [3.05, 3.63) is 101 Å². The summed E-state index contributed by atoms with van der Waals surface area (Å²) in [5.74, 6) is -0.115. The Kier molecular flexibility index (Phi) is 5.09. The van der Waals surface area contributed by atoms with Crippen LogP contribution in [0.3, 0.4) is 0 Å². The number of hydrogen-bond acceptors (Lipinski definition) is 2. The van der Waals surface area contributed by atoms with Gasteiger partial charge in [0, 0.05) is 28.2 Å². The van der Waals surface area contributed by atoms with Crippen molar-refractivity contribution >= 4 is 28.4 Å². The minimum atomic E-state index is -0.115. The van der Waals surface area contributed by atoms with Gasteiger partial charge in [-0.1, -0.05) is 72.3 Å². The molecule has 138 valence electrons. The van der Waals surface area contributed by atoms with E-state index in [1.54, 1.807) is 0 Å². The monoisotopic (exact) mass is 386 g/mol. The van der Waals surface area contributed by atoms with Gasteiger partial charge in [-0.3, -0.25) is 9.78 Å². The molecular formula is C24H19ClN2O. The molecule has 1 N–H and O–H groups in total. The second-order valence-corrected chi connectivity index (χ2v) is 7.12. The van der Waals surface area contributed by atoms with Crippen LogP contribution in [0.25, 0.3) is 22.0 Å². The van der Waals surface area contributed by atoms with Gasteiger partial charge in [0.1, 0.15) is 0 Å². The number of nitrogens with zero attached hydrogens (tertiary/aromatic N) is 1. The van der Waals surface area contributed by atoms with E-state index in [1.165, 1.54) is 0 Å². The minimum Gasteiger partial charge on any atom is -0.348 e. The minimum absolute atomic E-state index is 0.115. The maximum absolute atomic E-state index is 12.9. The van der Waals surface area contributed by atoms with Crippen LogP contribution in [0.2, 0.25) is 5.02 Å². The van der Waals surface area contributed by atoms with Crippen LogP contribution in [0, 0.1) is 6.92 Å². The molecule has 0 atom stereocenters. The number of nitrogens with one attached hydrogen (secondary N) is 1. The topological polar surface area (TPSA) is 42.0 Å². The summed E-state index contributed by atoms with van der Waals surface area (Å²) in [6.07, 6.45) is 0. The van der Waals surface area contributed by atoms with Gasteiger partial charge < -0.3 is 5.32 Å². The highest BCUT2D eigenvalue weighted by atomic mass is 35.5. The Hall–Kier alpha value is -3.17. The summed E-state index contributed by atoms with van der Waals surface area (Å²) in [6.45, 7) is 2.36. The number of aryl methyl sites for hydroxylation is 1. The molecule has 0 bridgehead atoms. The van der Waals surface area contributed by atoms with Crippen LogP contribution in [0.15, 0.2) is 78.9 Å². The fourth-order valence-electron chi connectivity index (χ4n) is 3.29. The summed E-state index contributed by atoms with van der Waals surface area (Å²) in [4.78, 5) is 17.7. The van der Waals surface area contributed by atoms with Gasteiger partial charge in [-0.05, 0) is 36.2 Å². The van der Waals surface area contributed by atoms with E-state index in [1.807, 2.05) is 73.7 Å². The van der Waals surface area contributed by atoms with E-state index >= 15 is 0 Å². The van der Waals surface area contributed by atoms with E-state index in [0.29, 0.717) is 17.1 Å². The molecule has 0 radical (unpaired) electrons. The number of amides is 1. The van der Waals surface area contributed by atoms with E-state index in [2.05, 4.69) is 17.4 Å². The Morgan fingerprint density at radius 1 is 0.964 bits per heavy atom. The first-order valence-corrected chi connectivity index (χ1v) is 9.48. The van der Waals surface area contributed by atoms with Gasteiger partial charge >= 0.3 is 0 Å². The number of hydrogen-bond donors (Lipinski definition) is 1. The van der Waals surface area contributed by atoms with Crippen LogP contribution in [0.4, 0.5) is 0 Å². The summed E-state index contributed by atoms with van der Waals surface area (Å²) >= 11 is 5.92. The lowest BCUT2D eigenvalue weighted by atomic mass is 9.98. The molecule has 1 heterocycles. The molecule has 0 aliphatic rings. The number of para-hydroxylation sites is 1. The molecular weight excluding hydrogens is 368 g/mol. The third-order valence-corrected chi connectivity index (χ3v) is 4.92. The summed E-state index contributed by atoms with van der Waals surface area (Å²) in [6, 6.07) is 25.4. The van der Waals surface area contributed by atoms with Crippen molar-refractivity contribution in [3.8, 4) is 11.1 Å². The zero-order valence-electron chi connectivity index (χ0n) is 15.4. The van der Waals surface area contributed by atoms with E-state index < -0.39 is 0 Å². The lowest BCUT2D eigenvalue weighted by Gasteiger charge is -2.12. The molecule has 3 nitrogen and oxygen atoms in total. The first-order valence-electron chi connectivity index (χ1n) is 9.10. The quantitative estimate of drug-likeness (QED) is 0.482. The molecule has 0 saturated heterocycles. The second-order valence-electron chi connectivity index (χ2n) is 6.69. The van der Waals surface area contributed by atoms with Gasteiger partial charge in [0.05, 0.1) is 11.1 Å². The highest BCUT2D eigenvalue weighted by Gasteiger charge is 2.14. The van der Waals surface area contributed by atoms with Crippen LogP contribution < -0.4 is 5.32 Å². The molecule has 4 aromatic rings. The Labute approximate surface area is 169 Å². The maximum atomic E-state index is 12.9. The van der Waals surface area contributed by atoms with Crippen molar-refractivity contribution in [2.75, 3.05) is 0 Å². The fraction of sp³-hybridized carbons (Fsp3) is 0.0833. The standard InChI is InChI=1S/C24H19ClN2O/c1-16-14-22(24(28)26-15-17-10-12-19(25)13-11-17)21-9-5-8-20(23(21)27-16)18-6-3-2-4-7-18/h2-14H,15H2,1H3,(H,26,28). The van der Waals surface area contributed by atoms with E-state index in [9.17, 15) is 4.79 Å². The van der Waals surface area contributed by atoms with Gasteiger partial charge in [0.2, 0.25) is 0 Å². The highest BCUT2D eigenvalue weighted by Crippen LogP contribution is 2.29. The van der Waals surface area contributed by atoms with E-state index in [4.69, 9.17) is 16.6 Å². The smallest absolute Gasteiger partial charge is 0.252 e. The predicted octanol–water partition coefficient (Wildman–Crippen LogP) is 5.79. The molecule has 0 aliphatic heterocycles. The lowest BCUT2D eigenvalue weighted by molar-refractivity contribution is 0.0952. The summed E-state index contributed by atoms with van der Waals surface area (Å²) in [5.41, 5.74) is 5.39. The summed E-state index contributed by atoms with van der Waals surface area (Å²) in [7, 11) is 0. The third-order valence-electron chi connectivity index (χ3n) is 4.66. The predicted molar refractivity (Wildman–Crippen MR) is 115 cm³/mol. The number of carbonyl (C=O) groups excluding carboxylic acids is 1. The van der Waals surface area contributed by atoms with Gasteiger partial charge in [0.15, 0.2) is 0 Å².